The monoisotopic (exact) mass is 404 g/mol. The zero-order valence-corrected chi connectivity index (χ0v) is 16.1. The molecule has 0 spiro atoms. The molecular formula is C15H21ClN4O3S2. The Morgan fingerprint density at radius 3 is 2.56 bits per heavy atom. The molecule has 1 saturated carbocycles. The lowest BCUT2D eigenvalue weighted by Gasteiger charge is -2.17. The molecule has 0 amide bonds. The van der Waals surface area contributed by atoms with Crippen LogP contribution in [0.4, 0.5) is 0 Å². The Hall–Kier alpha value is -1.00. The second kappa shape index (κ2) is 6.96. The lowest BCUT2D eigenvalue weighted by molar-refractivity contribution is 0.372. The fraction of sp³-hybridized carbons (Fsp3) is 0.600. The van der Waals surface area contributed by atoms with E-state index in [0.29, 0.717) is 23.8 Å². The van der Waals surface area contributed by atoms with Gasteiger partial charge in [-0.1, -0.05) is 18.0 Å². The predicted octanol–water partition coefficient (Wildman–Crippen LogP) is 2.73. The topological polar surface area (TPSA) is 102 Å². The van der Waals surface area contributed by atoms with Crippen LogP contribution in [-0.2, 0) is 15.6 Å². The van der Waals surface area contributed by atoms with Crippen LogP contribution in [0.15, 0.2) is 20.9 Å². The van der Waals surface area contributed by atoms with Crippen molar-refractivity contribution in [3.05, 3.63) is 17.3 Å². The summed E-state index contributed by atoms with van der Waals surface area (Å²) in [4.78, 5) is 5.19. The molecule has 2 aromatic rings. The summed E-state index contributed by atoms with van der Waals surface area (Å²) in [5, 5.41) is 5.78. The van der Waals surface area contributed by atoms with Crippen molar-refractivity contribution in [3.8, 4) is 10.8 Å². The zero-order chi connectivity index (χ0) is 16.8. The van der Waals surface area contributed by atoms with Crippen LogP contribution in [0.3, 0.4) is 0 Å². The molecule has 0 bridgehead atoms. The first-order chi connectivity index (χ1) is 11.5. The highest BCUT2D eigenvalue weighted by Crippen LogP contribution is 2.38. The molecular weight excluding hydrogens is 384 g/mol. The van der Waals surface area contributed by atoms with Gasteiger partial charge in [0.15, 0.2) is 5.82 Å². The Morgan fingerprint density at radius 1 is 1.20 bits per heavy atom. The Morgan fingerprint density at radius 2 is 1.88 bits per heavy atom. The molecule has 25 heavy (non-hydrogen) atoms. The van der Waals surface area contributed by atoms with Gasteiger partial charge < -0.3 is 10.3 Å². The van der Waals surface area contributed by atoms with Gasteiger partial charge in [0.05, 0.1) is 5.54 Å². The van der Waals surface area contributed by atoms with Crippen molar-refractivity contribution in [1.29, 1.82) is 0 Å². The largest absolute Gasteiger partial charge is 0.333 e. The molecule has 0 radical (unpaired) electrons. The lowest BCUT2D eigenvalue weighted by Crippen LogP contribution is -2.34. The number of rotatable bonds is 4. The maximum absolute atomic E-state index is 12.8. The average Bonchev–Trinajstić information content (AvgIpc) is 3.31. The molecule has 2 N–H and O–H groups in total. The van der Waals surface area contributed by atoms with Crippen molar-refractivity contribution in [1.82, 2.24) is 14.4 Å². The summed E-state index contributed by atoms with van der Waals surface area (Å²) in [5.74, 6) is 0.724. The first-order valence-electron chi connectivity index (χ1n) is 8.22. The van der Waals surface area contributed by atoms with Crippen LogP contribution in [0.5, 0.6) is 0 Å². The highest BCUT2D eigenvalue weighted by atomic mass is 35.5. The third-order valence-electron chi connectivity index (χ3n) is 4.87. The van der Waals surface area contributed by atoms with Gasteiger partial charge in [0, 0.05) is 13.1 Å². The van der Waals surface area contributed by atoms with Gasteiger partial charge in [0.25, 0.3) is 5.89 Å². The summed E-state index contributed by atoms with van der Waals surface area (Å²) < 4.78 is 32.6. The number of sulfonamides is 1. The molecule has 0 unspecified atom stereocenters. The van der Waals surface area contributed by atoms with Crippen molar-refractivity contribution in [2.45, 2.75) is 49.0 Å². The Balaban J connectivity index is 0.00000182. The van der Waals surface area contributed by atoms with E-state index in [4.69, 9.17) is 10.3 Å². The van der Waals surface area contributed by atoms with Crippen molar-refractivity contribution in [3.63, 3.8) is 0 Å². The normalized spacial score (nSPS) is 20.7. The summed E-state index contributed by atoms with van der Waals surface area (Å²) in [6, 6.07) is 1.62. The van der Waals surface area contributed by atoms with Gasteiger partial charge in [-0.3, -0.25) is 0 Å². The number of hydrogen-bond acceptors (Lipinski definition) is 7. The maximum Gasteiger partial charge on any atom is 0.269 e. The first-order valence-corrected chi connectivity index (χ1v) is 10.5. The SMILES string of the molecule is Cl.NC1(c2noc(-c3sccc3S(=O)(=O)N3CCCC3)n2)CCCC1. The molecule has 2 fully saturated rings. The molecule has 2 aromatic heterocycles. The van der Waals surface area contributed by atoms with Gasteiger partial charge in [-0.2, -0.15) is 9.29 Å². The summed E-state index contributed by atoms with van der Waals surface area (Å²) in [6.07, 6.45) is 5.56. The van der Waals surface area contributed by atoms with E-state index in [1.807, 2.05) is 0 Å². The van der Waals surface area contributed by atoms with Gasteiger partial charge in [0.1, 0.15) is 9.77 Å². The molecule has 4 rings (SSSR count). The molecule has 3 heterocycles. The van der Waals surface area contributed by atoms with Gasteiger partial charge >= 0.3 is 0 Å². The number of nitrogens with two attached hydrogens (primary N) is 1. The van der Waals surface area contributed by atoms with Crippen molar-refractivity contribution >= 4 is 33.8 Å². The molecule has 1 aliphatic heterocycles. The molecule has 7 nitrogen and oxygen atoms in total. The van der Waals surface area contributed by atoms with Gasteiger partial charge in [-0.05, 0) is 37.1 Å². The second-order valence-corrected chi connectivity index (χ2v) is 9.33. The number of thiophene rings is 1. The fourth-order valence-corrected chi connectivity index (χ4v) is 6.30. The van der Waals surface area contributed by atoms with E-state index >= 15 is 0 Å². The lowest BCUT2D eigenvalue weighted by atomic mass is 9.99. The van der Waals surface area contributed by atoms with E-state index in [0.717, 1.165) is 38.5 Å². The zero-order valence-electron chi connectivity index (χ0n) is 13.7. The summed E-state index contributed by atoms with van der Waals surface area (Å²) in [5.41, 5.74) is 5.81. The molecule has 1 saturated heterocycles. The van der Waals surface area contributed by atoms with E-state index in [2.05, 4.69) is 10.1 Å². The van der Waals surface area contributed by atoms with Crippen LogP contribution < -0.4 is 5.73 Å². The quantitative estimate of drug-likeness (QED) is 0.840. The van der Waals surface area contributed by atoms with Crippen molar-refractivity contribution in [2.24, 2.45) is 5.73 Å². The Labute approximate surface area is 157 Å². The average molecular weight is 405 g/mol. The molecule has 0 aromatic carbocycles. The Kier molecular flexibility index (Phi) is 5.23. The number of hydrogen-bond donors (Lipinski definition) is 1. The van der Waals surface area contributed by atoms with Crippen molar-refractivity contribution in [2.75, 3.05) is 13.1 Å². The molecule has 1 aliphatic carbocycles. The predicted molar refractivity (Wildman–Crippen MR) is 97.2 cm³/mol. The minimum absolute atomic E-state index is 0. The van der Waals surface area contributed by atoms with E-state index < -0.39 is 15.6 Å². The van der Waals surface area contributed by atoms with E-state index in [9.17, 15) is 8.42 Å². The Bertz CT molecular complexity index is 837. The standard InChI is InChI=1S/C15H20N4O3S2.ClH/c16-15(6-1-2-7-15)14-17-13(22-18-14)12-11(5-10-23-12)24(20,21)19-8-3-4-9-19;/h5,10H,1-4,6-9,16H2;1H. The van der Waals surface area contributed by atoms with E-state index in [1.54, 1.807) is 11.4 Å². The van der Waals surface area contributed by atoms with Crippen LogP contribution in [0.25, 0.3) is 10.8 Å². The summed E-state index contributed by atoms with van der Waals surface area (Å²) in [7, 11) is -3.51. The fourth-order valence-electron chi connectivity index (χ4n) is 3.47. The minimum atomic E-state index is -3.51. The van der Waals surface area contributed by atoms with Gasteiger partial charge in [0.2, 0.25) is 10.0 Å². The molecule has 0 atom stereocenters. The van der Waals surface area contributed by atoms with Crippen LogP contribution in [0.1, 0.15) is 44.3 Å². The van der Waals surface area contributed by atoms with Crippen LogP contribution in [0, 0.1) is 0 Å². The van der Waals surface area contributed by atoms with E-state index in [-0.39, 0.29) is 23.2 Å². The minimum Gasteiger partial charge on any atom is -0.333 e. The third-order valence-corrected chi connectivity index (χ3v) is 7.85. The molecule has 10 heteroatoms. The van der Waals surface area contributed by atoms with Gasteiger partial charge in [-0.15, -0.1) is 23.7 Å². The summed E-state index contributed by atoms with van der Waals surface area (Å²) in [6.45, 7) is 1.14. The van der Waals surface area contributed by atoms with Gasteiger partial charge in [-0.25, -0.2) is 8.42 Å². The molecule has 2 aliphatic rings. The summed E-state index contributed by atoms with van der Waals surface area (Å²) >= 11 is 1.30. The smallest absolute Gasteiger partial charge is 0.269 e. The maximum atomic E-state index is 12.8. The highest BCUT2D eigenvalue weighted by molar-refractivity contribution is 7.89. The first kappa shape index (κ1) is 18.8. The number of halogens is 1. The van der Waals surface area contributed by atoms with Crippen LogP contribution in [0.2, 0.25) is 0 Å². The second-order valence-electron chi connectivity index (χ2n) is 6.51. The van der Waals surface area contributed by atoms with Crippen molar-refractivity contribution < 1.29 is 12.9 Å². The number of aromatic nitrogens is 2. The third kappa shape index (κ3) is 3.23. The molecule has 138 valence electrons. The highest BCUT2D eigenvalue weighted by Gasteiger charge is 2.37. The number of nitrogens with zero attached hydrogens (tertiary/aromatic N) is 3. The van der Waals surface area contributed by atoms with Crippen LogP contribution in [-0.4, -0.2) is 36.0 Å². The van der Waals surface area contributed by atoms with E-state index in [1.165, 1.54) is 15.6 Å². The van der Waals surface area contributed by atoms with Crippen LogP contribution >= 0.6 is 23.7 Å².